The molecule has 0 radical (unpaired) electrons. The second kappa shape index (κ2) is 8.22. The highest BCUT2D eigenvalue weighted by molar-refractivity contribution is 7.89. The van der Waals surface area contributed by atoms with Crippen molar-refractivity contribution in [1.29, 1.82) is 0 Å². The van der Waals surface area contributed by atoms with Crippen LogP contribution in [0.1, 0.15) is 41.4 Å². The van der Waals surface area contributed by atoms with Crippen molar-refractivity contribution in [2.45, 2.75) is 43.5 Å². The van der Waals surface area contributed by atoms with Crippen molar-refractivity contribution in [2.24, 2.45) is 0 Å². The van der Waals surface area contributed by atoms with E-state index in [2.05, 4.69) is 10.3 Å². The molecule has 1 aromatic heterocycles. The number of piperidine rings is 1. The van der Waals surface area contributed by atoms with Crippen molar-refractivity contribution < 1.29 is 8.42 Å². The lowest BCUT2D eigenvalue weighted by molar-refractivity contribution is 0.383. The van der Waals surface area contributed by atoms with Gasteiger partial charge in [-0.25, -0.2) is 18.4 Å². The van der Waals surface area contributed by atoms with Gasteiger partial charge in [-0.1, -0.05) is 17.7 Å². The Labute approximate surface area is 166 Å². The van der Waals surface area contributed by atoms with Gasteiger partial charge in [0, 0.05) is 42.9 Å². The molecule has 2 aromatic rings. The fourth-order valence-electron chi connectivity index (χ4n) is 3.65. The highest BCUT2D eigenvalue weighted by Crippen LogP contribution is 2.27. The second-order valence-electron chi connectivity index (χ2n) is 7.13. The molecule has 1 fully saturated rings. The number of fused-ring (bicyclic) bond motifs is 1. The number of halogens is 1. The quantitative estimate of drug-likeness (QED) is 0.844. The van der Waals surface area contributed by atoms with E-state index in [-0.39, 0.29) is 12.4 Å². The molecule has 0 spiro atoms. The topological polar surface area (TPSA) is 75.2 Å². The van der Waals surface area contributed by atoms with Gasteiger partial charge in [-0.3, -0.25) is 0 Å². The van der Waals surface area contributed by atoms with Gasteiger partial charge in [0.2, 0.25) is 10.0 Å². The Morgan fingerprint density at radius 3 is 2.56 bits per heavy atom. The fourth-order valence-corrected chi connectivity index (χ4v) is 5.07. The van der Waals surface area contributed by atoms with Crippen molar-refractivity contribution in [2.75, 3.05) is 19.6 Å². The zero-order valence-electron chi connectivity index (χ0n) is 15.4. The summed E-state index contributed by atoms with van der Waals surface area (Å²) in [4.78, 5) is 9.68. The predicted octanol–water partition coefficient (Wildman–Crippen LogP) is 2.42. The Balaban J connectivity index is 0.00000210. The van der Waals surface area contributed by atoms with Gasteiger partial charge in [0.05, 0.1) is 4.90 Å². The molecule has 2 aliphatic heterocycles. The molecule has 1 saturated heterocycles. The molecule has 0 amide bonds. The van der Waals surface area contributed by atoms with Crippen LogP contribution in [-0.2, 0) is 23.0 Å². The SMILES string of the molecule is Cc1ccc(S(=O)(=O)N2CCc3nc(C4CCNCC4)ncc3C2)cc1.Cl. The lowest BCUT2D eigenvalue weighted by Gasteiger charge is -2.28. The molecular weight excluding hydrogens is 384 g/mol. The van der Waals surface area contributed by atoms with Gasteiger partial charge in [0.1, 0.15) is 5.82 Å². The van der Waals surface area contributed by atoms with Crippen molar-refractivity contribution in [1.82, 2.24) is 19.6 Å². The predicted molar refractivity (Wildman–Crippen MR) is 107 cm³/mol. The number of benzene rings is 1. The van der Waals surface area contributed by atoms with Gasteiger partial charge in [-0.2, -0.15) is 4.31 Å². The van der Waals surface area contributed by atoms with Crippen molar-refractivity contribution in [3.63, 3.8) is 0 Å². The molecule has 0 saturated carbocycles. The summed E-state index contributed by atoms with van der Waals surface area (Å²) in [6, 6.07) is 7.02. The summed E-state index contributed by atoms with van der Waals surface area (Å²) in [5.41, 5.74) is 2.97. The average molecular weight is 409 g/mol. The van der Waals surface area contributed by atoms with Crippen LogP contribution in [0.2, 0.25) is 0 Å². The summed E-state index contributed by atoms with van der Waals surface area (Å²) >= 11 is 0. The number of hydrogen-bond acceptors (Lipinski definition) is 5. The van der Waals surface area contributed by atoms with E-state index < -0.39 is 10.0 Å². The lowest BCUT2D eigenvalue weighted by atomic mass is 9.96. The fraction of sp³-hybridized carbons (Fsp3) is 0.474. The minimum Gasteiger partial charge on any atom is -0.317 e. The van der Waals surface area contributed by atoms with E-state index in [1.54, 1.807) is 12.1 Å². The Kier molecular flexibility index (Phi) is 6.15. The molecule has 0 bridgehead atoms. The third kappa shape index (κ3) is 4.16. The average Bonchev–Trinajstić information content (AvgIpc) is 2.68. The van der Waals surface area contributed by atoms with Crippen molar-refractivity contribution in [3.8, 4) is 0 Å². The molecule has 1 N–H and O–H groups in total. The first-order valence-corrected chi connectivity index (χ1v) is 10.6. The van der Waals surface area contributed by atoms with Crippen molar-refractivity contribution in [3.05, 3.63) is 53.1 Å². The highest BCUT2D eigenvalue weighted by atomic mass is 35.5. The van der Waals surface area contributed by atoms with Gasteiger partial charge < -0.3 is 5.32 Å². The summed E-state index contributed by atoms with van der Waals surface area (Å²) in [6.45, 7) is 4.77. The first-order valence-electron chi connectivity index (χ1n) is 9.16. The summed E-state index contributed by atoms with van der Waals surface area (Å²) in [5.74, 6) is 1.33. The van der Waals surface area contributed by atoms with Crippen LogP contribution >= 0.6 is 12.4 Å². The number of hydrogen-bond donors (Lipinski definition) is 1. The molecule has 0 unspecified atom stereocenters. The molecule has 146 valence electrons. The minimum atomic E-state index is -3.48. The number of aryl methyl sites for hydroxylation is 1. The Bertz CT molecular complexity index is 896. The zero-order chi connectivity index (χ0) is 18.1. The minimum absolute atomic E-state index is 0. The Morgan fingerprint density at radius 2 is 1.85 bits per heavy atom. The molecule has 0 atom stereocenters. The number of sulfonamides is 1. The normalized spacial score (nSPS) is 18.6. The molecular formula is C19H25ClN4O2S. The smallest absolute Gasteiger partial charge is 0.243 e. The highest BCUT2D eigenvalue weighted by Gasteiger charge is 2.30. The molecule has 27 heavy (non-hydrogen) atoms. The largest absolute Gasteiger partial charge is 0.317 e. The van der Waals surface area contributed by atoms with Crippen LogP contribution in [-0.4, -0.2) is 42.3 Å². The van der Waals surface area contributed by atoms with Crippen LogP contribution in [0.5, 0.6) is 0 Å². The van der Waals surface area contributed by atoms with Crippen LogP contribution in [0.4, 0.5) is 0 Å². The van der Waals surface area contributed by atoms with Crippen LogP contribution in [0.15, 0.2) is 35.4 Å². The monoisotopic (exact) mass is 408 g/mol. The molecule has 2 aliphatic rings. The first-order chi connectivity index (χ1) is 12.5. The standard InChI is InChI=1S/C19H24N4O2S.ClH/c1-14-2-4-17(5-3-14)26(24,25)23-11-8-18-16(13-23)12-21-19(22-18)15-6-9-20-10-7-15;/h2-5,12,15,20H,6-11,13H2,1H3;1H. The molecule has 4 rings (SSSR count). The zero-order valence-corrected chi connectivity index (χ0v) is 17.0. The molecule has 0 aliphatic carbocycles. The molecule has 3 heterocycles. The maximum atomic E-state index is 12.9. The molecule has 1 aromatic carbocycles. The van der Waals surface area contributed by atoms with Crippen LogP contribution in [0, 0.1) is 6.92 Å². The maximum absolute atomic E-state index is 12.9. The van der Waals surface area contributed by atoms with Crippen molar-refractivity contribution >= 4 is 22.4 Å². The summed E-state index contributed by atoms with van der Waals surface area (Å²) in [7, 11) is -3.48. The summed E-state index contributed by atoms with van der Waals surface area (Å²) < 4.78 is 27.3. The summed E-state index contributed by atoms with van der Waals surface area (Å²) in [6.07, 6.45) is 4.59. The summed E-state index contributed by atoms with van der Waals surface area (Å²) in [5, 5.41) is 3.36. The number of rotatable bonds is 3. The van der Waals surface area contributed by atoms with E-state index in [0.717, 1.165) is 48.6 Å². The van der Waals surface area contributed by atoms with E-state index in [1.165, 1.54) is 4.31 Å². The van der Waals surface area contributed by atoms with Crippen LogP contribution < -0.4 is 5.32 Å². The van der Waals surface area contributed by atoms with Gasteiger partial charge in [-0.15, -0.1) is 12.4 Å². The van der Waals surface area contributed by atoms with E-state index in [9.17, 15) is 8.42 Å². The van der Waals surface area contributed by atoms with Gasteiger partial charge in [-0.05, 0) is 45.0 Å². The Morgan fingerprint density at radius 1 is 1.15 bits per heavy atom. The first kappa shape index (κ1) is 20.2. The van der Waals surface area contributed by atoms with E-state index in [4.69, 9.17) is 4.98 Å². The second-order valence-corrected chi connectivity index (χ2v) is 9.06. The third-order valence-corrected chi connectivity index (χ3v) is 7.14. The van der Waals surface area contributed by atoms with E-state index >= 15 is 0 Å². The molecule has 8 heteroatoms. The maximum Gasteiger partial charge on any atom is 0.243 e. The van der Waals surface area contributed by atoms with E-state index in [0.29, 0.717) is 30.3 Å². The molecule has 6 nitrogen and oxygen atoms in total. The third-order valence-electron chi connectivity index (χ3n) is 5.28. The van der Waals surface area contributed by atoms with Gasteiger partial charge >= 0.3 is 0 Å². The lowest BCUT2D eigenvalue weighted by Crippen LogP contribution is -2.37. The van der Waals surface area contributed by atoms with Crippen LogP contribution in [0.3, 0.4) is 0 Å². The van der Waals surface area contributed by atoms with Gasteiger partial charge in [0.15, 0.2) is 0 Å². The van der Waals surface area contributed by atoms with Crippen LogP contribution in [0.25, 0.3) is 0 Å². The number of nitrogens with one attached hydrogen (secondary N) is 1. The van der Waals surface area contributed by atoms with Gasteiger partial charge in [0.25, 0.3) is 0 Å². The number of aromatic nitrogens is 2. The Hall–Kier alpha value is -1.54. The van der Waals surface area contributed by atoms with E-state index in [1.807, 2.05) is 25.3 Å². The number of nitrogens with zero attached hydrogens (tertiary/aromatic N) is 3.